The SMILES string of the molecule is N#Cc1cc(-c2ccc(C#N)c(N3c4ccccc4C4CCCCC43)c2)cc(-n2c3ccccc3c3ccc4oc5c(c4c32)C=CCC5)c1. The summed E-state index contributed by atoms with van der Waals surface area (Å²) < 4.78 is 8.73. The number of para-hydroxylation sites is 2. The number of benzene rings is 5. The molecule has 1 aliphatic heterocycles. The number of aryl methyl sites for hydroxylation is 1. The topological polar surface area (TPSA) is 68.9 Å². The maximum absolute atomic E-state index is 10.4. The van der Waals surface area contributed by atoms with Crippen LogP contribution in [0, 0.1) is 22.7 Å². The zero-order valence-electron chi connectivity index (χ0n) is 27.0. The standard InChI is InChI=1S/C44H32N4O/c45-25-27-21-30(28-17-18-29(26-46)40(24-28)48-38-14-6-1-9-32(38)33-10-2-7-15-39(33)48)23-31(22-27)47-37-13-5-3-11-34(37)35-19-20-42-43(44(35)47)36-12-4-8-16-41(36)49-42/h1,3-6,9,11-14,17-24,33,39H,2,7-8,10,15-16H2. The lowest BCUT2D eigenvalue weighted by atomic mass is 9.82. The number of aromatic nitrogens is 1. The Hall–Kier alpha value is -6.04. The van der Waals surface area contributed by atoms with Gasteiger partial charge in [-0.25, -0.2) is 0 Å². The van der Waals surface area contributed by atoms with Gasteiger partial charge in [0.15, 0.2) is 0 Å². The summed E-state index contributed by atoms with van der Waals surface area (Å²) in [6.45, 7) is 0. The van der Waals surface area contributed by atoms with Crippen LogP contribution in [-0.2, 0) is 6.42 Å². The monoisotopic (exact) mass is 632 g/mol. The molecule has 0 N–H and O–H groups in total. The van der Waals surface area contributed by atoms with Crippen LogP contribution in [0.5, 0.6) is 0 Å². The quantitative estimate of drug-likeness (QED) is 0.194. The van der Waals surface area contributed by atoms with E-state index in [1.54, 1.807) is 0 Å². The van der Waals surface area contributed by atoms with E-state index in [9.17, 15) is 10.5 Å². The minimum atomic E-state index is 0.337. The Morgan fingerprint density at radius 3 is 2.55 bits per heavy atom. The Balaban J connectivity index is 1.20. The van der Waals surface area contributed by atoms with E-state index in [1.807, 2.05) is 24.3 Å². The first kappa shape index (κ1) is 28.0. The van der Waals surface area contributed by atoms with Gasteiger partial charge >= 0.3 is 0 Å². The van der Waals surface area contributed by atoms with Crippen LogP contribution in [0.4, 0.5) is 11.4 Å². The largest absolute Gasteiger partial charge is 0.460 e. The van der Waals surface area contributed by atoms with E-state index in [0.29, 0.717) is 23.1 Å². The molecule has 1 saturated carbocycles. The molecule has 10 rings (SSSR count). The Morgan fingerprint density at radius 2 is 1.63 bits per heavy atom. The van der Waals surface area contributed by atoms with Crippen LogP contribution < -0.4 is 4.90 Å². The Labute approximate surface area is 284 Å². The van der Waals surface area contributed by atoms with Crippen molar-refractivity contribution in [3.63, 3.8) is 0 Å². The van der Waals surface area contributed by atoms with E-state index >= 15 is 0 Å². The van der Waals surface area contributed by atoms with Gasteiger partial charge in [0, 0.05) is 46.1 Å². The molecule has 2 aromatic heterocycles. The number of nitriles is 2. The average molecular weight is 633 g/mol. The molecule has 5 aromatic carbocycles. The number of rotatable bonds is 3. The number of anilines is 2. The van der Waals surface area contributed by atoms with Crippen molar-refractivity contribution in [2.45, 2.75) is 50.5 Å². The normalized spacial score (nSPS) is 18.0. The fraction of sp³-hybridized carbons (Fsp3) is 0.182. The summed E-state index contributed by atoms with van der Waals surface area (Å²) in [5.74, 6) is 1.51. The van der Waals surface area contributed by atoms with Crippen molar-refractivity contribution in [1.29, 1.82) is 10.5 Å². The highest BCUT2D eigenvalue weighted by molar-refractivity contribution is 6.20. The highest BCUT2D eigenvalue weighted by Crippen LogP contribution is 2.52. The van der Waals surface area contributed by atoms with Gasteiger partial charge in [0.25, 0.3) is 0 Å². The number of fused-ring (bicyclic) bond motifs is 10. The molecule has 0 saturated heterocycles. The molecule has 2 unspecified atom stereocenters. The molecule has 2 atom stereocenters. The molecule has 0 bridgehead atoms. The molecule has 49 heavy (non-hydrogen) atoms. The molecule has 234 valence electrons. The van der Waals surface area contributed by atoms with Crippen molar-refractivity contribution < 1.29 is 4.42 Å². The van der Waals surface area contributed by atoms with Crippen molar-refractivity contribution >= 4 is 50.2 Å². The Morgan fingerprint density at radius 1 is 0.755 bits per heavy atom. The summed E-state index contributed by atoms with van der Waals surface area (Å²) in [5.41, 5.74) is 11.9. The molecular formula is C44H32N4O. The predicted octanol–water partition coefficient (Wildman–Crippen LogP) is 11.1. The van der Waals surface area contributed by atoms with Gasteiger partial charge in [-0.05, 0) is 90.6 Å². The van der Waals surface area contributed by atoms with Gasteiger partial charge in [-0.1, -0.05) is 67.5 Å². The van der Waals surface area contributed by atoms with Gasteiger partial charge in [0.05, 0.1) is 39.3 Å². The zero-order chi connectivity index (χ0) is 32.6. The molecular weight excluding hydrogens is 601 g/mol. The highest BCUT2D eigenvalue weighted by atomic mass is 16.3. The van der Waals surface area contributed by atoms with Gasteiger partial charge in [0.2, 0.25) is 0 Å². The first-order valence-corrected chi connectivity index (χ1v) is 17.3. The Bertz CT molecular complexity index is 2620. The molecule has 5 heteroatoms. The second-order valence-corrected chi connectivity index (χ2v) is 13.7. The number of nitrogens with zero attached hydrogens (tertiary/aromatic N) is 4. The van der Waals surface area contributed by atoms with Gasteiger partial charge in [0.1, 0.15) is 17.4 Å². The fourth-order valence-electron chi connectivity index (χ4n) is 9.02. The van der Waals surface area contributed by atoms with Gasteiger partial charge in [-0.15, -0.1) is 0 Å². The second-order valence-electron chi connectivity index (χ2n) is 13.7. The third-order valence-corrected chi connectivity index (χ3v) is 11.1. The Kier molecular flexibility index (Phi) is 6.14. The summed E-state index contributed by atoms with van der Waals surface area (Å²) in [7, 11) is 0. The number of hydrogen-bond acceptors (Lipinski definition) is 4. The van der Waals surface area contributed by atoms with Crippen LogP contribution in [0.2, 0.25) is 0 Å². The minimum Gasteiger partial charge on any atom is -0.460 e. The smallest absolute Gasteiger partial charge is 0.137 e. The fourth-order valence-corrected chi connectivity index (χ4v) is 9.02. The van der Waals surface area contributed by atoms with E-state index < -0.39 is 0 Å². The lowest BCUT2D eigenvalue weighted by molar-refractivity contribution is 0.402. The summed E-state index contributed by atoms with van der Waals surface area (Å²) in [5, 5.41) is 24.1. The lowest BCUT2D eigenvalue weighted by Gasteiger charge is -2.34. The lowest BCUT2D eigenvalue weighted by Crippen LogP contribution is -2.32. The summed E-state index contributed by atoms with van der Waals surface area (Å²) in [4.78, 5) is 2.44. The van der Waals surface area contributed by atoms with Gasteiger partial charge in [-0.3, -0.25) is 0 Å². The second kappa shape index (κ2) is 10.7. The van der Waals surface area contributed by atoms with Crippen molar-refractivity contribution in [2.75, 3.05) is 4.90 Å². The first-order valence-electron chi connectivity index (χ1n) is 17.3. The summed E-state index contributed by atoms with van der Waals surface area (Å²) in [6.07, 6.45) is 11.0. The van der Waals surface area contributed by atoms with Crippen LogP contribution >= 0.6 is 0 Å². The molecule has 1 fully saturated rings. The van der Waals surface area contributed by atoms with Crippen LogP contribution in [0.25, 0.3) is 55.7 Å². The number of furan rings is 1. The van der Waals surface area contributed by atoms with E-state index in [2.05, 4.69) is 107 Å². The van der Waals surface area contributed by atoms with Gasteiger partial charge < -0.3 is 13.9 Å². The molecule has 0 amide bonds. The first-order chi connectivity index (χ1) is 24.2. The van der Waals surface area contributed by atoms with E-state index in [4.69, 9.17) is 4.42 Å². The summed E-state index contributed by atoms with van der Waals surface area (Å²) >= 11 is 0. The van der Waals surface area contributed by atoms with Crippen LogP contribution in [0.3, 0.4) is 0 Å². The van der Waals surface area contributed by atoms with Gasteiger partial charge in [-0.2, -0.15) is 10.5 Å². The van der Waals surface area contributed by atoms with Crippen LogP contribution in [0.15, 0.2) is 108 Å². The van der Waals surface area contributed by atoms with Crippen molar-refractivity contribution in [3.8, 4) is 29.0 Å². The van der Waals surface area contributed by atoms with E-state index in [1.165, 1.54) is 30.5 Å². The predicted molar refractivity (Wildman–Crippen MR) is 196 cm³/mol. The number of allylic oxidation sites excluding steroid dienone is 1. The minimum absolute atomic E-state index is 0.337. The molecule has 3 aliphatic rings. The average Bonchev–Trinajstić information content (AvgIpc) is 3.82. The molecule has 0 radical (unpaired) electrons. The van der Waals surface area contributed by atoms with Crippen molar-refractivity contribution in [3.05, 3.63) is 131 Å². The molecule has 2 aliphatic carbocycles. The molecule has 3 heterocycles. The molecule has 5 nitrogen and oxygen atoms in total. The zero-order valence-corrected chi connectivity index (χ0v) is 27.0. The van der Waals surface area contributed by atoms with Crippen LogP contribution in [-0.4, -0.2) is 10.6 Å². The summed E-state index contributed by atoms with van der Waals surface area (Å²) in [6, 6.07) is 39.1. The van der Waals surface area contributed by atoms with E-state index in [-0.39, 0.29) is 0 Å². The van der Waals surface area contributed by atoms with E-state index in [0.717, 1.165) is 85.9 Å². The van der Waals surface area contributed by atoms with Crippen LogP contribution in [0.1, 0.15) is 66.0 Å². The number of hydrogen-bond donors (Lipinski definition) is 0. The highest BCUT2D eigenvalue weighted by Gasteiger charge is 2.41. The van der Waals surface area contributed by atoms with Crippen molar-refractivity contribution in [1.82, 2.24) is 4.57 Å². The van der Waals surface area contributed by atoms with Crippen molar-refractivity contribution in [2.24, 2.45) is 0 Å². The maximum atomic E-state index is 10.4. The maximum Gasteiger partial charge on any atom is 0.137 e. The third kappa shape index (κ3) is 4.09. The third-order valence-electron chi connectivity index (χ3n) is 11.1. The molecule has 0 spiro atoms. The molecule has 7 aromatic rings.